The lowest BCUT2D eigenvalue weighted by Crippen LogP contribution is -2.14. The maximum absolute atomic E-state index is 12.2. The molecule has 0 unspecified atom stereocenters. The van der Waals surface area contributed by atoms with Crippen LogP contribution in [0.4, 0.5) is 0 Å². The van der Waals surface area contributed by atoms with Gasteiger partial charge in [-0.15, -0.1) is 0 Å². The maximum Gasteiger partial charge on any atom is 0.341 e. The van der Waals surface area contributed by atoms with E-state index in [1.807, 2.05) is 12.2 Å². The lowest BCUT2D eigenvalue weighted by atomic mass is 10.1. The van der Waals surface area contributed by atoms with E-state index in [1.165, 1.54) is 30.3 Å². The molecule has 0 aromatic heterocycles. The van der Waals surface area contributed by atoms with Gasteiger partial charge in [0.25, 0.3) is 0 Å². The van der Waals surface area contributed by atoms with Crippen molar-refractivity contribution in [1.82, 2.24) is 0 Å². The second kappa shape index (κ2) is 13.6. The molecule has 0 spiro atoms. The monoisotopic (exact) mass is 518 g/mol. The lowest BCUT2D eigenvalue weighted by Gasteiger charge is -2.10. The molecular formula is C27H18O11. The van der Waals surface area contributed by atoms with Crippen LogP contribution in [0.1, 0.15) is 36.6 Å². The summed E-state index contributed by atoms with van der Waals surface area (Å²) in [6.45, 7) is -1.03. The van der Waals surface area contributed by atoms with Crippen molar-refractivity contribution >= 4 is 17.9 Å². The van der Waals surface area contributed by atoms with Crippen LogP contribution < -0.4 is 14.2 Å². The average Bonchev–Trinajstić information content (AvgIpc) is 2.92. The summed E-state index contributed by atoms with van der Waals surface area (Å²) in [5.74, 6) is -2.95. The Morgan fingerprint density at radius 1 is 0.711 bits per heavy atom. The van der Waals surface area contributed by atoms with Crippen LogP contribution in [-0.2, 0) is 21.1 Å². The summed E-state index contributed by atoms with van der Waals surface area (Å²) in [5, 5.41) is 18.8. The van der Waals surface area contributed by atoms with E-state index < -0.39 is 30.3 Å². The van der Waals surface area contributed by atoms with Crippen LogP contribution in [0.25, 0.3) is 0 Å². The zero-order valence-electron chi connectivity index (χ0n) is 19.4. The molecule has 0 aliphatic heterocycles. The number of aromatic carboxylic acids is 2. The topological polar surface area (TPSA) is 147 Å². The van der Waals surface area contributed by atoms with Gasteiger partial charge in [0.05, 0.1) is 16.7 Å². The molecule has 0 heterocycles. The number of carbonyl (C=O) groups is 3. The van der Waals surface area contributed by atoms with E-state index in [1.54, 1.807) is 24.3 Å². The Morgan fingerprint density at radius 2 is 1.34 bits per heavy atom. The fraction of sp³-hybridized carbons (Fsp3) is 0.0741. The SMILES string of the molecule is C#COc1ccc(C(=O)OCOOCc2ccc(OC#COc3ccccc3)cc2C(=O)O)c(C(=O)O)c1. The van der Waals surface area contributed by atoms with Crippen LogP contribution >= 0.6 is 0 Å². The Bertz CT molecular complexity index is 1410. The van der Waals surface area contributed by atoms with Crippen molar-refractivity contribution in [2.45, 2.75) is 6.61 Å². The van der Waals surface area contributed by atoms with Gasteiger partial charge in [0, 0.05) is 0 Å². The number of rotatable bonds is 11. The Kier molecular flexibility index (Phi) is 9.67. The van der Waals surface area contributed by atoms with Gasteiger partial charge in [0.2, 0.25) is 6.79 Å². The third-order valence-corrected chi connectivity index (χ3v) is 4.59. The molecule has 0 aliphatic carbocycles. The van der Waals surface area contributed by atoms with Gasteiger partial charge in [-0.3, -0.25) is 0 Å². The Morgan fingerprint density at radius 3 is 2.03 bits per heavy atom. The van der Waals surface area contributed by atoms with Gasteiger partial charge in [-0.25, -0.2) is 19.3 Å². The van der Waals surface area contributed by atoms with Crippen LogP contribution in [0.15, 0.2) is 66.7 Å². The third-order valence-electron chi connectivity index (χ3n) is 4.59. The molecule has 0 bridgehead atoms. The van der Waals surface area contributed by atoms with Crippen molar-refractivity contribution in [3.63, 3.8) is 0 Å². The van der Waals surface area contributed by atoms with Crippen molar-refractivity contribution in [2.75, 3.05) is 6.79 Å². The minimum absolute atomic E-state index is 0.0549. The van der Waals surface area contributed by atoms with Gasteiger partial charge in [-0.1, -0.05) is 30.7 Å². The summed E-state index contributed by atoms with van der Waals surface area (Å²) in [6.07, 6.45) is 11.6. The molecule has 38 heavy (non-hydrogen) atoms. The number of terminal acetylenes is 1. The van der Waals surface area contributed by atoms with Gasteiger partial charge in [0.1, 0.15) is 30.0 Å². The minimum atomic E-state index is -1.40. The van der Waals surface area contributed by atoms with Crippen LogP contribution in [0, 0.1) is 24.7 Å². The van der Waals surface area contributed by atoms with Gasteiger partial charge in [-0.05, 0) is 48.0 Å². The molecule has 11 nitrogen and oxygen atoms in total. The molecule has 3 aromatic carbocycles. The second-order valence-corrected chi connectivity index (χ2v) is 7.01. The van der Waals surface area contributed by atoms with Crippen LogP contribution in [0.3, 0.4) is 0 Å². The van der Waals surface area contributed by atoms with E-state index in [4.69, 9.17) is 35.1 Å². The van der Waals surface area contributed by atoms with Crippen LogP contribution in [0.2, 0.25) is 0 Å². The van der Waals surface area contributed by atoms with E-state index >= 15 is 0 Å². The lowest BCUT2D eigenvalue weighted by molar-refractivity contribution is -0.335. The van der Waals surface area contributed by atoms with Crippen LogP contribution in [0.5, 0.6) is 17.2 Å². The molecule has 0 saturated carbocycles. The molecule has 192 valence electrons. The highest BCUT2D eigenvalue weighted by molar-refractivity contribution is 6.02. The first-order chi connectivity index (χ1) is 18.4. The highest BCUT2D eigenvalue weighted by Crippen LogP contribution is 2.20. The Hall–Kier alpha value is -5.49. The van der Waals surface area contributed by atoms with E-state index in [0.717, 1.165) is 6.07 Å². The highest BCUT2D eigenvalue weighted by Gasteiger charge is 2.19. The first-order valence-electron chi connectivity index (χ1n) is 10.6. The zero-order chi connectivity index (χ0) is 27.3. The first kappa shape index (κ1) is 27.1. The summed E-state index contributed by atoms with van der Waals surface area (Å²) >= 11 is 0. The third kappa shape index (κ3) is 7.76. The molecule has 0 radical (unpaired) electrons. The minimum Gasteiger partial charge on any atom is -0.478 e. The van der Waals surface area contributed by atoms with Gasteiger partial charge in [0.15, 0.2) is 12.2 Å². The van der Waals surface area contributed by atoms with E-state index in [2.05, 4.69) is 12.2 Å². The van der Waals surface area contributed by atoms with E-state index in [-0.39, 0.29) is 34.8 Å². The van der Waals surface area contributed by atoms with Crippen molar-refractivity contribution in [1.29, 1.82) is 0 Å². The normalized spacial score (nSPS) is 9.76. The summed E-state index contributed by atoms with van der Waals surface area (Å²) in [7, 11) is 0. The van der Waals surface area contributed by atoms with Gasteiger partial charge < -0.3 is 29.2 Å². The van der Waals surface area contributed by atoms with Crippen molar-refractivity contribution in [3.05, 3.63) is 89.0 Å². The maximum atomic E-state index is 12.2. The number of benzene rings is 3. The summed E-state index contributed by atoms with van der Waals surface area (Å²) in [6, 6.07) is 16.4. The Labute approximate surface area is 216 Å². The predicted octanol–water partition coefficient (Wildman–Crippen LogP) is 3.69. The fourth-order valence-electron chi connectivity index (χ4n) is 2.90. The van der Waals surface area contributed by atoms with Crippen molar-refractivity contribution < 1.29 is 53.3 Å². The van der Waals surface area contributed by atoms with Crippen molar-refractivity contribution in [3.8, 4) is 42.0 Å². The standard InChI is InChI=1S/C27H18O11/c1-2-33-20-10-11-22(24(15-20)26(30)31)27(32)36-17-38-37-16-18-8-9-21(14-23(18)25(28)29)35-13-12-34-19-6-4-3-5-7-19/h1,3-11,14-15H,16-17H2,(H,28,29)(H,30,31). The number of carboxylic acid groups (broad SMARTS) is 2. The first-order valence-corrected chi connectivity index (χ1v) is 10.6. The van der Waals surface area contributed by atoms with E-state index in [9.17, 15) is 24.6 Å². The summed E-state index contributed by atoms with van der Waals surface area (Å²) in [4.78, 5) is 45.0. The molecule has 0 atom stereocenters. The quantitative estimate of drug-likeness (QED) is 0.0956. The molecule has 11 heteroatoms. The number of para-hydroxylation sites is 1. The zero-order valence-corrected chi connectivity index (χ0v) is 19.4. The summed E-state index contributed by atoms with van der Waals surface area (Å²) < 4.78 is 20.0. The number of esters is 1. The Balaban J connectivity index is 1.51. The second-order valence-electron chi connectivity index (χ2n) is 7.01. The van der Waals surface area contributed by atoms with Gasteiger partial charge >= 0.3 is 17.9 Å². The molecule has 0 fully saturated rings. The molecular weight excluding hydrogens is 500 g/mol. The molecule has 3 aromatic rings. The van der Waals surface area contributed by atoms with Crippen molar-refractivity contribution in [2.24, 2.45) is 0 Å². The molecule has 0 aliphatic rings. The van der Waals surface area contributed by atoms with Crippen LogP contribution in [-0.4, -0.2) is 34.9 Å². The number of hydrogen-bond acceptors (Lipinski definition) is 9. The predicted molar refractivity (Wildman–Crippen MR) is 128 cm³/mol. The molecule has 3 rings (SSSR count). The molecule has 0 saturated heterocycles. The summed E-state index contributed by atoms with van der Waals surface area (Å²) in [5.41, 5.74) is -0.587. The largest absolute Gasteiger partial charge is 0.478 e. The highest BCUT2D eigenvalue weighted by atomic mass is 17.2. The number of carboxylic acids is 2. The molecule has 0 amide bonds. The smallest absolute Gasteiger partial charge is 0.341 e. The van der Waals surface area contributed by atoms with Gasteiger partial charge in [-0.2, -0.15) is 4.89 Å². The number of ether oxygens (including phenoxy) is 4. The average molecular weight is 518 g/mol. The fourth-order valence-corrected chi connectivity index (χ4v) is 2.90. The number of carbonyl (C=O) groups excluding carboxylic acids is 1. The van der Waals surface area contributed by atoms with E-state index in [0.29, 0.717) is 5.75 Å². The number of hydrogen-bond donors (Lipinski definition) is 2. The molecule has 2 N–H and O–H groups in total.